The standard InChI is InChI=1S/C50H42N2O6S2/c53-46(32-51-50(54)42-21-11-10-20-39(42)28-29-57-41-25-26-44-43-22-12-13-23-48(43)59-49(44)31-41)40-24-27-47(58-34-37-16-6-2-7-17-37)45(30-40)52(33-36-14-4-1-5-15-36)60(55,56)35-38-18-8-3-9-19-38/h1-27,30-31H,28-29,32-35H2,(H,51,54). The predicted octanol–water partition coefficient (Wildman–Crippen LogP) is 10.4. The van der Waals surface area contributed by atoms with E-state index in [-0.39, 0.29) is 36.7 Å². The fourth-order valence-electron chi connectivity index (χ4n) is 7.08. The Kier molecular flexibility index (Phi) is 12.3. The molecule has 300 valence electrons. The van der Waals surface area contributed by atoms with Gasteiger partial charge in [-0.25, -0.2) is 8.42 Å². The van der Waals surface area contributed by atoms with Crippen LogP contribution in [-0.2, 0) is 35.3 Å². The molecule has 1 aromatic heterocycles. The molecule has 0 radical (unpaired) electrons. The van der Waals surface area contributed by atoms with Crippen LogP contribution in [0.15, 0.2) is 176 Å². The molecular weight excluding hydrogens is 789 g/mol. The van der Waals surface area contributed by atoms with Crippen molar-refractivity contribution >= 4 is 58.9 Å². The summed E-state index contributed by atoms with van der Waals surface area (Å²) in [5.74, 6) is -0.000289. The monoisotopic (exact) mass is 830 g/mol. The first-order valence-electron chi connectivity index (χ1n) is 19.6. The number of benzene rings is 7. The van der Waals surface area contributed by atoms with Crippen molar-refractivity contribution in [1.82, 2.24) is 5.32 Å². The number of Topliss-reactive ketones (excluding diaryl/α,β-unsaturated/α-hetero) is 1. The van der Waals surface area contributed by atoms with Crippen LogP contribution in [0.1, 0.15) is 43.0 Å². The summed E-state index contributed by atoms with van der Waals surface area (Å²) in [6.07, 6.45) is 0.477. The van der Waals surface area contributed by atoms with Crippen molar-refractivity contribution in [2.24, 2.45) is 0 Å². The average molecular weight is 831 g/mol. The molecule has 0 aliphatic heterocycles. The third-order valence-corrected chi connectivity index (χ3v) is 13.0. The van der Waals surface area contributed by atoms with Crippen LogP contribution in [0.2, 0.25) is 0 Å². The number of sulfonamides is 1. The largest absolute Gasteiger partial charge is 0.493 e. The second-order valence-electron chi connectivity index (χ2n) is 14.3. The minimum Gasteiger partial charge on any atom is -0.493 e. The Balaban J connectivity index is 0.999. The Labute approximate surface area is 353 Å². The van der Waals surface area contributed by atoms with Crippen molar-refractivity contribution in [3.63, 3.8) is 0 Å². The lowest BCUT2D eigenvalue weighted by Gasteiger charge is -2.27. The fraction of sp³-hybridized carbons (Fsp3) is 0.120. The van der Waals surface area contributed by atoms with E-state index in [2.05, 4.69) is 29.6 Å². The second kappa shape index (κ2) is 18.4. The number of carbonyl (C=O) groups excluding carboxylic acids is 2. The van der Waals surface area contributed by atoms with Crippen LogP contribution in [0.25, 0.3) is 20.2 Å². The number of hydrogen-bond donors (Lipinski definition) is 1. The van der Waals surface area contributed by atoms with E-state index in [1.807, 2.05) is 97.1 Å². The van der Waals surface area contributed by atoms with Gasteiger partial charge < -0.3 is 14.8 Å². The van der Waals surface area contributed by atoms with Crippen LogP contribution in [0, 0.1) is 0 Å². The quantitative estimate of drug-likeness (QED) is 0.0917. The zero-order chi connectivity index (χ0) is 41.3. The SMILES string of the molecule is O=C(CNC(=O)c1ccccc1CCOc1ccc2c(c1)sc1ccccc12)c1ccc(OCc2ccccc2)c(N(Cc2ccccc2)S(=O)(=O)Cc2ccccc2)c1. The van der Waals surface area contributed by atoms with Crippen molar-refractivity contribution in [3.05, 3.63) is 209 Å². The molecule has 1 heterocycles. The molecule has 0 bridgehead atoms. The van der Waals surface area contributed by atoms with Gasteiger partial charge in [0.15, 0.2) is 5.78 Å². The summed E-state index contributed by atoms with van der Waals surface area (Å²) >= 11 is 1.73. The Morgan fingerprint density at radius 2 is 1.27 bits per heavy atom. The summed E-state index contributed by atoms with van der Waals surface area (Å²) in [6, 6.07) is 54.3. The number of carbonyl (C=O) groups is 2. The first-order valence-corrected chi connectivity index (χ1v) is 22.1. The molecule has 0 spiro atoms. The zero-order valence-electron chi connectivity index (χ0n) is 32.7. The smallest absolute Gasteiger partial charge is 0.251 e. The van der Waals surface area contributed by atoms with Gasteiger partial charge in [0.05, 0.1) is 31.1 Å². The van der Waals surface area contributed by atoms with Gasteiger partial charge >= 0.3 is 0 Å². The highest BCUT2D eigenvalue weighted by Crippen LogP contribution is 2.37. The van der Waals surface area contributed by atoms with Gasteiger partial charge in [-0.1, -0.05) is 127 Å². The minimum atomic E-state index is -4.02. The number of rotatable bonds is 17. The maximum atomic E-state index is 14.4. The van der Waals surface area contributed by atoms with Crippen LogP contribution in [0.4, 0.5) is 5.69 Å². The van der Waals surface area contributed by atoms with Gasteiger partial charge in [-0.15, -0.1) is 11.3 Å². The molecule has 0 atom stereocenters. The number of amides is 1. The van der Waals surface area contributed by atoms with E-state index >= 15 is 0 Å². The Morgan fingerprint density at radius 3 is 2.03 bits per heavy atom. The predicted molar refractivity (Wildman–Crippen MR) is 241 cm³/mol. The van der Waals surface area contributed by atoms with Gasteiger partial charge in [0.25, 0.3) is 5.91 Å². The Bertz CT molecular complexity index is 2860. The molecule has 0 aliphatic rings. The van der Waals surface area contributed by atoms with Crippen molar-refractivity contribution in [1.29, 1.82) is 0 Å². The number of ketones is 1. The van der Waals surface area contributed by atoms with Crippen molar-refractivity contribution in [3.8, 4) is 11.5 Å². The van der Waals surface area contributed by atoms with E-state index in [9.17, 15) is 18.0 Å². The lowest BCUT2D eigenvalue weighted by molar-refractivity contribution is 0.0903. The van der Waals surface area contributed by atoms with Crippen molar-refractivity contribution in [2.45, 2.75) is 25.3 Å². The molecule has 0 saturated carbocycles. The van der Waals surface area contributed by atoms with Crippen LogP contribution < -0.4 is 19.1 Å². The Morgan fingerprint density at radius 1 is 0.617 bits per heavy atom. The highest BCUT2D eigenvalue weighted by atomic mass is 32.2. The highest BCUT2D eigenvalue weighted by Gasteiger charge is 2.28. The lowest BCUT2D eigenvalue weighted by atomic mass is 10.0. The normalized spacial score (nSPS) is 11.3. The van der Waals surface area contributed by atoms with Gasteiger partial charge in [-0.2, -0.15) is 0 Å². The number of anilines is 1. The van der Waals surface area contributed by atoms with Gasteiger partial charge in [-0.3, -0.25) is 13.9 Å². The molecule has 0 fully saturated rings. The molecule has 0 unspecified atom stereocenters. The van der Waals surface area contributed by atoms with E-state index < -0.39 is 21.7 Å². The summed E-state index contributed by atoms with van der Waals surface area (Å²) in [4.78, 5) is 27.5. The van der Waals surface area contributed by atoms with Crippen LogP contribution >= 0.6 is 11.3 Å². The van der Waals surface area contributed by atoms with Gasteiger partial charge in [0.1, 0.15) is 18.1 Å². The molecule has 10 heteroatoms. The molecule has 7 aromatic carbocycles. The lowest BCUT2D eigenvalue weighted by Crippen LogP contribution is -2.33. The van der Waals surface area contributed by atoms with E-state index in [1.165, 1.54) is 19.8 Å². The second-order valence-corrected chi connectivity index (χ2v) is 17.3. The van der Waals surface area contributed by atoms with E-state index in [4.69, 9.17) is 9.47 Å². The molecular formula is C50H42N2O6S2. The zero-order valence-corrected chi connectivity index (χ0v) is 34.3. The van der Waals surface area contributed by atoms with Gasteiger partial charge in [-0.05, 0) is 70.8 Å². The molecule has 0 saturated heterocycles. The van der Waals surface area contributed by atoms with Gasteiger partial charge in [0.2, 0.25) is 10.0 Å². The van der Waals surface area contributed by atoms with Crippen LogP contribution in [0.3, 0.4) is 0 Å². The Hall–Kier alpha value is -6.75. The number of fused-ring (bicyclic) bond motifs is 3. The first-order chi connectivity index (χ1) is 29.3. The minimum absolute atomic E-state index is 0.00623. The molecule has 0 aliphatic carbocycles. The van der Waals surface area contributed by atoms with Crippen LogP contribution in [0.5, 0.6) is 11.5 Å². The molecule has 8 nitrogen and oxygen atoms in total. The maximum absolute atomic E-state index is 14.4. The molecule has 1 amide bonds. The highest BCUT2D eigenvalue weighted by molar-refractivity contribution is 7.92. The van der Waals surface area contributed by atoms with Gasteiger partial charge in [0, 0.05) is 37.7 Å². The maximum Gasteiger partial charge on any atom is 0.251 e. The van der Waals surface area contributed by atoms with E-state index in [0.717, 1.165) is 27.1 Å². The molecule has 8 rings (SSSR count). The summed E-state index contributed by atoms with van der Waals surface area (Å²) in [7, 11) is -4.02. The number of hydrogen-bond acceptors (Lipinski definition) is 7. The third kappa shape index (κ3) is 9.58. The number of nitrogens with zero attached hydrogens (tertiary/aromatic N) is 1. The van der Waals surface area contributed by atoms with E-state index in [1.54, 1.807) is 65.9 Å². The van der Waals surface area contributed by atoms with Crippen molar-refractivity contribution in [2.75, 3.05) is 17.5 Å². The summed E-state index contributed by atoms with van der Waals surface area (Å²) < 4.78 is 44.9. The molecule has 60 heavy (non-hydrogen) atoms. The number of thiophene rings is 1. The molecule has 8 aromatic rings. The summed E-state index contributed by atoms with van der Waals surface area (Å²) in [5.41, 5.74) is 3.95. The summed E-state index contributed by atoms with van der Waals surface area (Å²) in [5, 5.41) is 5.22. The van der Waals surface area contributed by atoms with Crippen LogP contribution in [-0.4, -0.2) is 33.3 Å². The fourth-order valence-corrected chi connectivity index (χ4v) is 9.77. The molecule has 1 N–H and O–H groups in total. The average Bonchev–Trinajstić information content (AvgIpc) is 3.65. The third-order valence-electron chi connectivity index (χ3n) is 10.1. The topological polar surface area (TPSA) is 102 Å². The number of ether oxygens (including phenoxy) is 2. The van der Waals surface area contributed by atoms with Crippen molar-refractivity contribution < 1.29 is 27.5 Å². The van der Waals surface area contributed by atoms with E-state index in [0.29, 0.717) is 29.9 Å². The number of nitrogens with one attached hydrogen (secondary N) is 1. The summed E-state index contributed by atoms with van der Waals surface area (Å²) in [6.45, 7) is 0.235. The first kappa shape index (κ1) is 40.0.